The Balaban J connectivity index is 2.74. The van der Waals surface area contributed by atoms with Gasteiger partial charge in [0.15, 0.2) is 5.82 Å². The standard InChI is InChI=1S/C11H16F3N3O3/c1-6(2)4-8-16-7(17-20-8)5-15-10(3,9(18)19)11(12,13)14/h6,15H,4-5H2,1-3H3,(H,18,19). The van der Waals surface area contributed by atoms with E-state index in [1.54, 1.807) is 0 Å². The highest BCUT2D eigenvalue weighted by molar-refractivity contribution is 5.79. The predicted octanol–water partition coefficient (Wildman–Crippen LogP) is 1.76. The Morgan fingerprint density at radius 1 is 1.45 bits per heavy atom. The molecule has 1 aromatic rings. The number of aromatic nitrogens is 2. The molecule has 0 aliphatic rings. The highest BCUT2D eigenvalue weighted by Crippen LogP contribution is 2.30. The molecule has 1 unspecified atom stereocenters. The van der Waals surface area contributed by atoms with Crippen LogP contribution >= 0.6 is 0 Å². The van der Waals surface area contributed by atoms with Gasteiger partial charge in [0, 0.05) is 6.42 Å². The Hall–Kier alpha value is -1.64. The fraction of sp³-hybridized carbons (Fsp3) is 0.727. The van der Waals surface area contributed by atoms with Gasteiger partial charge in [0.05, 0.1) is 6.54 Å². The van der Waals surface area contributed by atoms with Crippen molar-refractivity contribution in [1.82, 2.24) is 15.5 Å². The van der Waals surface area contributed by atoms with Gasteiger partial charge in [0.25, 0.3) is 0 Å². The number of carbonyl (C=O) groups is 1. The molecule has 1 atom stereocenters. The van der Waals surface area contributed by atoms with Gasteiger partial charge in [-0.25, -0.2) is 4.79 Å². The van der Waals surface area contributed by atoms with Gasteiger partial charge >= 0.3 is 12.1 Å². The monoisotopic (exact) mass is 295 g/mol. The molecule has 0 spiro atoms. The van der Waals surface area contributed by atoms with Crippen LogP contribution in [0.3, 0.4) is 0 Å². The van der Waals surface area contributed by atoms with E-state index in [1.807, 2.05) is 19.2 Å². The number of alkyl halides is 3. The third-order valence-corrected chi connectivity index (χ3v) is 2.69. The summed E-state index contributed by atoms with van der Waals surface area (Å²) in [6, 6.07) is 0. The first-order chi connectivity index (χ1) is 9.06. The Morgan fingerprint density at radius 2 is 2.05 bits per heavy atom. The number of carboxylic acid groups (broad SMARTS) is 1. The van der Waals surface area contributed by atoms with Crippen molar-refractivity contribution in [2.75, 3.05) is 0 Å². The maximum Gasteiger partial charge on any atom is 0.417 e. The van der Waals surface area contributed by atoms with Crippen molar-refractivity contribution in [2.45, 2.75) is 45.5 Å². The number of halogens is 3. The average molecular weight is 295 g/mol. The summed E-state index contributed by atoms with van der Waals surface area (Å²) >= 11 is 0. The minimum absolute atomic E-state index is 0.0163. The van der Waals surface area contributed by atoms with Crippen molar-refractivity contribution < 1.29 is 27.6 Å². The maximum absolute atomic E-state index is 12.7. The first-order valence-corrected chi connectivity index (χ1v) is 5.93. The van der Waals surface area contributed by atoms with Gasteiger partial charge < -0.3 is 9.63 Å². The molecule has 1 aromatic heterocycles. The van der Waals surface area contributed by atoms with Crippen LogP contribution in [0.4, 0.5) is 13.2 Å². The highest BCUT2D eigenvalue weighted by atomic mass is 19.4. The summed E-state index contributed by atoms with van der Waals surface area (Å²) in [6.07, 6.45) is -4.44. The van der Waals surface area contributed by atoms with E-state index in [9.17, 15) is 18.0 Å². The molecule has 9 heteroatoms. The van der Waals surface area contributed by atoms with Crippen molar-refractivity contribution in [2.24, 2.45) is 5.92 Å². The van der Waals surface area contributed by atoms with Gasteiger partial charge in [-0.3, -0.25) is 5.32 Å². The van der Waals surface area contributed by atoms with Crippen LogP contribution in [0.2, 0.25) is 0 Å². The average Bonchev–Trinajstić information content (AvgIpc) is 2.70. The number of nitrogens with zero attached hydrogens (tertiary/aromatic N) is 2. The number of hydrogen-bond donors (Lipinski definition) is 2. The van der Waals surface area contributed by atoms with E-state index < -0.39 is 24.2 Å². The van der Waals surface area contributed by atoms with E-state index in [2.05, 4.69) is 10.1 Å². The number of carboxylic acids is 1. The molecule has 0 aliphatic heterocycles. The van der Waals surface area contributed by atoms with Crippen LogP contribution < -0.4 is 5.32 Å². The van der Waals surface area contributed by atoms with Gasteiger partial charge in [0.1, 0.15) is 0 Å². The number of aliphatic carboxylic acids is 1. The molecular weight excluding hydrogens is 279 g/mol. The van der Waals surface area contributed by atoms with Gasteiger partial charge in [0.2, 0.25) is 11.4 Å². The lowest BCUT2D eigenvalue weighted by Gasteiger charge is -2.28. The topological polar surface area (TPSA) is 88.2 Å². The van der Waals surface area contributed by atoms with Crippen molar-refractivity contribution >= 4 is 5.97 Å². The van der Waals surface area contributed by atoms with Crippen LogP contribution in [0.5, 0.6) is 0 Å². The zero-order valence-electron chi connectivity index (χ0n) is 11.3. The second kappa shape index (κ2) is 5.78. The summed E-state index contributed by atoms with van der Waals surface area (Å²) in [4.78, 5) is 14.7. The second-order valence-electron chi connectivity index (χ2n) is 4.98. The molecule has 0 amide bonds. The molecule has 6 nitrogen and oxygen atoms in total. The van der Waals surface area contributed by atoms with Crippen LogP contribution in [0, 0.1) is 5.92 Å². The molecule has 1 rings (SSSR count). The van der Waals surface area contributed by atoms with Crippen LogP contribution in [0.1, 0.15) is 32.5 Å². The molecule has 20 heavy (non-hydrogen) atoms. The zero-order chi connectivity index (χ0) is 15.6. The first kappa shape index (κ1) is 16.4. The smallest absolute Gasteiger partial charge is 0.417 e. The normalized spacial score (nSPS) is 15.3. The quantitative estimate of drug-likeness (QED) is 0.831. The van der Waals surface area contributed by atoms with Gasteiger partial charge in [-0.15, -0.1) is 0 Å². The van der Waals surface area contributed by atoms with E-state index in [-0.39, 0.29) is 11.7 Å². The van der Waals surface area contributed by atoms with Gasteiger partial charge in [-0.05, 0) is 12.8 Å². The molecule has 0 radical (unpaired) electrons. The predicted molar refractivity (Wildman–Crippen MR) is 61.8 cm³/mol. The molecule has 114 valence electrons. The summed E-state index contributed by atoms with van der Waals surface area (Å²) in [6.45, 7) is 3.94. The molecule has 0 fully saturated rings. The fourth-order valence-corrected chi connectivity index (χ4v) is 1.35. The molecule has 0 saturated heterocycles. The van der Waals surface area contributed by atoms with E-state index in [1.165, 1.54) is 0 Å². The van der Waals surface area contributed by atoms with Gasteiger partial charge in [-0.1, -0.05) is 19.0 Å². The lowest BCUT2D eigenvalue weighted by molar-refractivity contribution is -0.206. The molecule has 0 saturated carbocycles. The van der Waals surface area contributed by atoms with E-state index >= 15 is 0 Å². The Morgan fingerprint density at radius 3 is 2.50 bits per heavy atom. The Bertz CT molecular complexity index is 473. The third-order valence-electron chi connectivity index (χ3n) is 2.69. The Kier molecular flexibility index (Phi) is 4.74. The van der Waals surface area contributed by atoms with Crippen LogP contribution in [0.25, 0.3) is 0 Å². The van der Waals surface area contributed by atoms with Crippen molar-refractivity contribution in [3.05, 3.63) is 11.7 Å². The number of nitrogens with one attached hydrogen (secondary N) is 1. The summed E-state index contributed by atoms with van der Waals surface area (Å²) in [5.41, 5.74) is -3.06. The first-order valence-electron chi connectivity index (χ1n) is 5.93. The zero-order valence-corrected chi connectivity index (χ0v) is 11.3. The van der Waals surface area contributed by atoms with E-state index in [0.29, 0.717) is 19.2 Å². The van der Waals surface area contributed by atoms with Crippen molar-refractivity contribution in [3.8, 4) is 0 Å². The second-order valence-corrected chi connectivity index (χ2v) is 4.98. The maximum atomic E-state index is 12.7. The third kappa shape index (κ3) is 3.69. The minimum atomic E-state index is -4.94. The summed E-state index contributed by atoms with van der Waals surface area (Å²) in [7, 11) is 0. The van der Waals surface area contributed by atoms with E-state index in [0.717, 1.165) is 0 Å². The largest absolute Gasteiger partial charge is 0.480 e. The molecule has 1 heterocycles. The van der Waals surface area contributed by atoms with Crippen LogP contribution in [0.15, 0.2) is 4.52 Å². The lowest BCUT2D eigenvalue weighted by Crippen LogP contribution is -2.59. The minimum Gasteiger partial charge on any atom is -0.480 e. The van der Waals surface area contributed by atoms with Crippen molar-refractivity contribution in [3.63, 3.8) is 0 Å². The van der Waals surface area contributed by atoms with Crippen LogP contribution in [-0.2, 0) is 17.8 Å². The summed E-state index contributed by atoms with van der Waals surface area (Å²) in [5, 5.41) is 14.1. The van der Waals surface area contributed by atoms with E-state index in [4.69, 9.17) is 9.63 Å². The SMILES string of the molecule is CC(C)Cc1nc(CNC(C)(C(=O)O)C(F)(F)F)no1. The molecular formula is C11H16F3N3O3. The fourth-order valence-electron chi connectivity index (χ4n) is 1.35. The summed E-state index contributed by atoms with van der Waals surface area (Å²) < 4.78 is 43.0. The number of hydrogen-bond acceptors (Lipinski definition) is 5. The van der Waals surface area contributed by atoms with Crippen LogP contribution in [-0.4, -0.2) is 32.9 Å². The molecule has 0 bridgehead atoms. The molecule has 2 N–H and O–H groups in total. The van der Waals surface area contributed by atoms with Gasteiger partial charge in [-0.2, -0.15) is 18.2 Å². The molecule has 0 aliphatic carbocycles. The van der Waals surface area contributed by atoms with Crippen molar-refractivity contribution in [1.29, 1.82) is 0 Å². The highest BCUT2D eigenvalue weighted by Gasteiger charge is 2.57. The molecule has 0 aromatic carbocycles. The number of rotatable bonds is 6. The Labute approximate surface area is 113 Å². The summed E-state index contributed by atoms with van der Waals surface area (Å²) in [5.74, 6) is -1.47. The lowest BCUT2D eigenvalue weighted by atomic mass is 10.0.